The van der Waals surface area contributed by atoms with E-state index in [0.717, 1.165) is 34.8 Å². The molecule has 0 fully saturated rings. The topological polar surface area (TPSA) is 23.6 Å². The lowest BCUT2D eigenvalue weighted by Crippen LogP contribution is -2.41. The van der Waals surface area contributed by atoms with Crippen LogP contribution in [0.4, 0.5) is 5.69 Å². The molecule has 21 heavy (non-hydrogen) atoms. The van der Waals surface area contributed by atoms with Gasteiger partial charge in [-0.3, -0.25) is 9.69 Å². The Morgan fingerprint density at radius 2 is 1.57 bits per heavy atom. The van der Waals surface area contributed by atoms with Gasteiger partial charge in [0.15, 0.2) is 5.78 Å². The van der Waals surface area contributed by atoms with E-state index < -0.39 is 0 Å². The average molecular weight is 276 g/mol. The maximum Gasteiger partial charge on any atom is 0.193 e. The zero-order valence-electron chi connectivity index (χ0n) is 11.9. The van der Waals surface area contributed by atoms with Crippen molar-refractivity contribution in [2.75, 3.05) is 25.2 Å². The Bertz CT molecular complexity index is 749. The number of fused-ring (bicyclic) bond motifs is 2. The number of hydrogen-bond donors (Lipinski definition) is 0. The lowest BCUT2D eigenvalue weighted by molar-refractivity contribution is 0.102. The van der Waals surface area contributed by atoms with Crippen LogP contribution in [0.15, 0.2) is 60.2 Å². The van der Waals surface area contributed by atoms with E-state index in [4.69, 9.17) is 0 Å². The third-order valence-corrected chi connectivity index (χ3v) is 4.14. The summed E-state index contributed by atoms with van der Waals surface area (Å²) in [6.07, 6.45) is 0. The van der Waals surface area contributed by atoms with Crippen LogP contribution >= 0.6 is 0 Å². The highest BCUT2D eigenvalue weighted by atomic mass is 16.1. The Labute approximate surface area is 124 Å². The third kappa shape index (κ3) is 1.82. The molecule has 3 heteroatoms. The average Bonchev–Trinajstić information content (AvgIpc) is 2.81. The number of rotatable bonds is 1. The molecular formula is C18H16N2O. The molecule has 0 radical (unpaired) electrons. The Balaban J connectivity index is 1.91. The van der Waals surface area contributed by atoms with Crippen LogP contribution in [-0.2, 0) is 0 Å². The first-order valence-corrected chi connectivity index (χ1v) is 7.14. The highest BCUT2D eigenvalue weighted by Crippen LogP contribution is 2.39. The normalized spacial score (nSPS) is 18.0. The van der Waals surface area contributed by atoms with Crippen LogP contribution in [0.2, 0.25) is 0 Å². The summed E-state index contributed by atoms with van der Waals surface area (Å²) in [6, 6.07) is 18.2. The highest BCUT2D eigenvalue weighted by Gasteiger charge is 2.36. The van der Waals surface area contributed by atoms with Gasteiger partial charge in [-0.25, -0.2) is 0 Å². The Kier molecular flexibility index (Phi) is 2.69. The molecule has 4 rings (SSSR count). The lowest BCUT2D eigenvalue weighted by Gasteiger charge is -2.36. The predicted octanol–water partition coefficient (Wildman–Crippen LogP) is 3.00. The van der Waals surface area contributed by atoms with Crippen molar-refractivity contribution >= 4 is 17.2 Å². The second kappa shape index (κ2) is 4.57. The van der Waals surface area contributed by atoms with Gasteiger partial charge in [0, 0.05) is 28.9 Å². The van der Waals surface area contributed by atoms with E-state index >= 15 is 0 Å². The van der Waals surface area contributed by atoms with Gasteiger partial charge in [0.25, 0.3) is 0 Å². The predicted molar refractivity (Wildman–Crippen MR) is 84.1 cm³/mol. The second-order valence-corrected chi connectivity index (χ2v) is 5.62. The van der Waals surface area contributed by atoms with Gasteiger partial charge < -0.3 is 4.90 Å². The minimum atomic E-state index is 0.174. The van der Waals surface area contributed by atoms with Crippen molar-refractivity contribution in [1.82, 2.24) is 4.90 Å². The molecular weight excluding hydrogens is 260 g/mol. The smallest absolute Gasteiger partial charge is 0.193 e. The SMILES string of the molecule is CN1CC2=C(c3ccccc3C2=O)N(c2ccccc2)C1. The highest BCUT2D eigenvalue weighted by molar-refractivity contribution is 6.22. The molecule has 2 aromatic rings. The summed E-state index contributed by atoms with van der Waals surface area (Å²) < 4.78 is 0. The molecule has 2 aromatic carbocycles. The largest absolute Gasteiger partial charge is 0.327 e. The Morgan fingerprint density at radius 1 is 0.905 bits per heavy atom. The zero-order valence-corrected chi connectivity index (χ0v) is 11.9. The molecule has 1 aliphatic heterocycles. The summed E-state index contributed by atoms with van der Waals surface area (Å²) in [4.78, 5) is 17.1. The molecule has 1 aliphatic carbocycles. The summed E-state index contributed by atoms with van der Waals surface area (Å²) in [7, 11) is 2.05. The van der Waals surface area contributed by atoms with Gasteiger partial charge >= 0.3 is 0 Å². The van der Waals surface area contributed by atoms with E-state index in [9.17, 15) is 4.79 Å². The standard InChI is InChI=1S/C18H16N2O/c1-19-11-16-17(14-9-5-6-10-15(14)18(16)21)20(12-19)13-7-3-2-4-8-13/h2-10H,11-12H2,1H3. The number of benzene rings is 2. The molecule has 0 atom stereocenters. The number of nitrogens with zero attached hydrogens (tertiary/aromatic N) is 2. The first-order valence-electron chi connectivity index (χ1n) is 7.14. The molecule has 0 saturated carbocycles. The minimum absolute atomic E-state index is 0.174. The van der Waals surface area contributed by atoms with Crippen LogP contribution in [0.3, 0.4) is 0 Å². The molecule has 3 nitrogen and oxygen atoms in total. The minimum Gasteiger partial charge on any atom is -0.327 e. The molecule has 2 aliphatic rings. The fraction of sp³-hybridized carbons (Fsp3) is 0.167. The van der Waals surface area contributed by atoms with Crippen LogP contribution in [0.25, 0.3) is 5.70 Å². The van der Waals surface area contributed by atoms with Crippen molar-refractivity contribution in [2.45, 2.75) is 0 Å². The van der Waals surface area contributed by atoms with Crippen LogP contribution in [0, 0.1) is 0 Å². The number of hydrogen-bond acceptors (Lipinski definition) is 3. The molecule has 1 heterocycles. The molecule has 0 aromatic heterocycles. The number of carbonyl (C=O) groups is 1. The van der Waals surface area contributed by atoms with Gasteiger partial charge in [-0.1, -0.05) is 42.5 Å². The summed E-state index contributed by atoms with van der Waals surface area (Å²) in [5.41, 5.74) is 5.02. The lowest BCUT2D eigenvalue weighted by atomic mass is 10.1. The number of likely N-dealkylation sites (N-methyl/N-ethyl adjacent to an activating group) is 1. The Hall–Kier alpha value is -2.39. The van der Waals surface area contributed by atoms with Gasteiger partial charge in [-0.2, -0.15) is 0 Å². The number of anilines is 1. The van der Waals surface area contributed by atoms with Crippen molar-refractivity contribution in [1.29, 1.82) is 0 Å². The van der Waals surface area contributed by atoms with Crippen LogP contribution in [-0.4, -0.2) is 30.9 Å². The first-order chi connectivity index (χ1) is 10.3. The van der Waals surface area contributed by atoms with E-state index in [1.165, 1.54) is 0 Å². The fourth-order valence-electron chi connectivity index (χ4n) is 3.23. The maximum absolute atomic E-state index is 12.6. The number of ketones is 1. The third-order valence-electron chi connectivity index (χ3n) is 4.14. The second-order valence-electron chi connectivity index (χ2n) is 5.62. The van der Waals surface area contributed by atoms with Crippen molar-refractivity contribution < 1.29 is 4.79 Å². The van der Waals surface area contributed by atoms with E-state index in [1.54, 1.807) is 0 Å². The first kappa shape index (κ1) is 12.4. The quantitative estimate of drug-likeness (QED) is 0.800. The Morgan fingerprint density at radius 3 is 2.33 bits per heavy atom. The van der Waals surface area contributed by atoms with Crippen molar-refractivity contribution in [3.63, 3.8) is 0 Å². The summed E-state index contributed by atoms with van der Waals surface area (Å²) in [5, 5.41) is 0. The van der Waals surface area contributed by atoms with Gasteiger partial charge in [-0.15, -0.1) is 0 Å². The number of para-hydroxylation sites is 1. The fourth-order valence-corrected chi connectivity index (χ4v) is 3.23. The van der Waals surface area contributed by atoms with Crippen molar-refractivity contribution in [3.8, 4) is 0 Å². The van der Waals surface area contributed by atoms with Crippen LogP contribution in [0.5, 0.6) is 0 Å². The molecule has 0 saturated heterocycles. The molecule has 0 amide bonds. The maximum atomic E-state index is 12.6. The van der Waals surface area contributed by atoms with Gasteiger partial charge in [0.05, 0.1) is 12.4 Å². The van der Waals surface area contributed by atoms with Crippen molar-refractivity contribution in [2.24, 2.45) is 0 Å². The van der Waals surface area contributed by atoms with Crippen LogP contribution < -0.4 is 4.90 Å². The van der Waals surface area contributed by atoms with E-state index in [1.807, 2.05) is 36.4 Å². The van der Waals surface area contributed by atoms with Gasteiger partial charge in [0.1, 0.15) is 0 Å². The van der Waals surface area contributed by atoms with Crippen LogP contribution in [0.1, 0.15) is 15.9 Å². The molecule has 104 valence electrons. The number of carbonyl (C=O) groups excluding carboxylic acids is 1. The summed E-state index contributed by atoms with van der Waals surface area (Å²) in [6.45, 7) is 1.51. The van der Waals surface area contributed by atoms with E-state index in [-0.39, 0.29) is 5.78 Å². The molecule has 0 bridgehead atoms. The monoisotopic (exact) mass is 276 g/mol. The molecule has 0 unspecified atom stereocenters. The van der Waals surface area contributed by atoms with E-state index in [2.05, 4.69) is 35.0 Å². The van der Waals surface area contributed by atoms with E-state index in [0.29, 0.717) is 6.54 Å². The summed E-state index contributed by atoms with van der Waals surface area (Å²) in [5.74, 6) is 0.174. The van der Waals surface area contributed by atoms with Gasteiger partial charge in [0.2, 0.25) is 0 Å². The van der Waals surface area contributed by atoms with Gasteiger partial charge in [-0.05, 0) is 19.2 Å². The zero-order chi connectivity index (χ0) is 14.4. The summed E-state index contributed by atoms with van der Waals surface area (Å²) >= 11 is 0. The molecule has 0 N–H and O–H groups in total. The molecule has 0 spiro atoms. The van der Waals surface area contributed by atoms with Crippen molar-refractivity contribution in [3.05, 3.63) is 71.3 Å². The number of Topliss-reactive ketones (excluding diaryl/α,β-unsaturated/α-hetero) is 1.